The fraction of sp³-hybridized carbons (Fsp3) is 0.400. The van der Waals surface area contributed by atoms with Gasteiger partial charge in [0, 0.05) is 17.8 Å². The minimum atomic E-state index is -0.330. The summed E-state index contributed by atoms with van der Waals surface area (Å²) in [6.07, 6.45) is 1.49. The highest BCUT2D eigenvalue weighted by Gasteiger charge is 2.12. The molecule has 0 unspecified atom stereocenters. The number of carbonyl (C=O) groups excluding carboxylic acids is 2. The molecule has 5 heteroatoms. The molecule has 1 atom stereocenters. The van der Waals surface area contributed by atoms with E-state index < -0.39 is 0 Å². The number of aliphatic hydroxyl groups is 1. The summed E-state index contributed by atoms with van der Waals surface area (Å²) in [4.78, 5) is 25.2. The van der Waals surface area contributed by atoms with Crippen molar-refractivity contribution in [2.24, 2.45) is 0 Å². The predicted molar refractivity (Wildman–Crippen MR) is 54.8 cm³/mol. The number of carbonyl (C=O) groups is 2. The van der Waals surface area contributed by atoms with Gasteiger partial charge in [-0.1, -0.05) is 0 Å². The highest BCUT2D eigenvalue weighted by Crippen LogP contribution is 2.04. The molecular weight excluding hydrogens is 196 g/mol. The summed E-state index contributed by atoms with van der Waals surface area (Å²) in [5, 5.41) is 11.3. The number of aromatic nitrogens is 1. The quantitative estimate of drug-likeness (QED) is 0.626. The molecule has 0 fully saturated rings. The van der Waals surface area contributed by atoms with Gasteiger partial charge < -0.3 is 15.4 Å². The molecule has 3 N–H and O–H groups in total. The normalized spacial score (nSPS) is 12.2. The Morgan fingerprint density at radius 1 is 1.60 bits per heavy atom. The Labute approximate surface area is 87.5 Å². The van der Waals surface area contributed by atoms with Crippen LogP contribution in [0.4, 0.5) is 0 Å². The van der Waals surface area contributed by atoms with E-state index in [4.69, 9.17) is 5.11 Å². The van der Waals surface area contributed by atoms with Crippen LogP contribution >= 0.6 is 0 Å². The van der Waals surface area contributed by atoms with Gasteiger partial charge in [-0.2, -0.15) is 0 Å². The number of rotatable bonds is 4. The van der Waals surface area contributed by atoms with Gasteiger partial charge in [-0.3, -0.25) is 9.59 Å². The molecule has 0 aliphatic rings. The van der Waals surface area contributed by atoms with Gasteiger partial charge >= 0.3 is 0 Å². The number of hydrogen-bond acceptors (Lipinski definition) is 3. The number of hydrogen-bond donors (Lipinski definition) is 3. The molecule has 82 valence electrons. The molecule has 0 spiro atoms. The van der Waals surface area contributed by atoms with E-state index in [1.807, 2.05) is 0 Å². The monoisotopic (exact) mass is 210 g/mol. The predicted octanol–water partition coefficient (Wildman–Crippen LogP) is 0.328. The number of aromatic amines is 1. The Morgan fingerprint density at radius 2 is 2.27 bits per heavy atom. The van der Waals surface area contributed by atoms with Crippen LogP contribution in [0.2, 0.25) is 0 Å². The summed E-state index contributed by atoms with van der Waals surface area (Å²) in [6.45, 7) is 3.00. The van der Waals surface area contributed by atoms with Crippen LogP contribution < -0.4 is 5.32 Å². The van der Waals surface area contributed by atoms with Crippen LogP contribution in [0.25, 0.3) is 0 Å². The first kappa shape index (κ1) is 11.5. The van der Waals surface area contributed by atoms with Crippen LogP contribution in [0.1, 0.15) is 34.7 Å². The van der Waals surface area contributed by atoms with Crippen molar-refractivity contribution >= 4 is 11.7 Å². The molecule has 0 saturated carbocycles. The van der Waals surface area contributed by atoms with Crippen molar-refractivity contribution in [1.29, 1.82) is 0 Å². The Kier molecular flexibility index (Phi) is 3.62. The van der Waals surface area contributed by atoms with Crippen LogP contribution in [0, 0.1) is 0 Å². The molecule has 1 rings (SSSR count). The van der Waals surface area contributed by atoms with E-state index in [0.717, 1.165) is 0 Å². The zero-order chi connectivity index (χ0) is 11.4. The lowest BCUT2D eigenvalue weighted by Gasteiger charge is -2.08. The van der Waals surface area contributed by atoms with Crippen LogP contribution in [-0.4, -0.2) is 34.4 Å². The van der Waals surface area contributed by atoms with Gasteiger partial charge in [0.1, 0.15) is 5.69 Å². The standard InChI is InChI=1S/C10H14N2O3/c1-6(5-13)12-10(15)9-3-8(4-11-9)7(2)14/h3-4,6,11,13H,5H2,1-2H3,(H,12,15)/t6-/m0/s1. The summed E-state index contributed by atoms with van der Waals surface area (Å²) in [5.41, 5.74) is 0.789. The largest absolute Gasteiger partial charge is 0.394 e. The topological polar surface area (TPSA) is 82.2 Å². The number of Topliss-reactive ketones (excluding diaryl/α,β-unsaturated/α-hetero) is 1. The molecule has 5 nitrogen and oxygen atoms in total. The van der Waals surface area contributed by atoms with Gasteiger partial charge in [-0.05, 0) is 19.9 Å². The van der Waals surface area contributed by atoms with E-state index >= 15 is 0 Å². The molecule has 0 saturated heterocycles. The Balaban J connectivity index is 2.70. The second-order valence-corrected chi connectivity index (χ2v) is 3.42. The summed E-state index contributed by atoms with van der Waals surface area (Å²) in [7, 11) is 0. The van der Waals surface area contributed by atoms with Gasteiger partial charge in [0.05, 0.1) is 6.61 Å². The molecule has 0 aromatic carbocycles. The Bertz CT molecular complexity index is 370. The van der Waals surface area contributed by atoms with Crippen LogP contribution in [0.15, 0.2) is 12.3 Å². The van der Waals surface area contributed by atoms with E-state index in [2.05, 4.69) is 10.3 Å². The van der Waals surface area contributed by atoms with Crippen molar-refractivity contribution in [3.8, 4) is 0 Å². The molecule has 1 aromatic rings. The number of nitrogens with one attached hydrogen (secondary N) is 2. The van der Waals surface area contributed by atoms with Crippen molar-refractivity contribution in [3.05, 3.63) is 23.5 Å². The zero-order valence-corrected chi connectivity index (χ0v) is 8.70. The molecular formula is C10H14N2O3. The Hall–Kier alpha value is -1.62. The fourth-order valence-electron chi connectivity index (χ4n) is 1.08. The molecule has 1 heterocycles. The number of ketones is 1. The van der Waals surface area contributed by atoms with Crippen molar-refractivity contribution in [3.63, 3.8) is 0 Å². The SMILES string of the molecule is CC(=O)c1c[nH]c(C(=O)N[C@@H](C)CO)c1. The average Bonchev–Trinajstić information content (AvgIpc) is 2.66. The molecule has 0 bridgehead atoms. The molecule has 0 radical (unpaired) electrons. The van der Waals surface area contributed by atoms with Crippen molar-refractivity contribution < 1.29 is 14.7 Å². The van der Waals surface area contributed by atoms with Gasteiger partial charge in [-0.25, -0.2) is 0 Å². The third-order valence-corrected chi connectivity index (χ3v) is 1.99. The fourth-order valence-corrected chi connectivity index (χ4v) is 1.08. The third kappa shape index (κ3) is 2.92. The second-order valence-electron chi connectivity index (χ2n) is 3.42. The Morgan fingerprint density at radius 3 is 2.73 bits per heavy atom. The van der Waals surface area contributed by atoms with E-state index in [-0.39, 0.29) is 24.3 Å². The average molecular weight is 210 g/mol. The van der Waals surface area contributed by atoms with Gasteiger partial charge in [0.25, 0.3) is 5.91 Å². The molecule has 0 aliphatic heterocycles. The van der Waals surface area contributed by atoms with E-state index in [1.165, 1.54) is 19.2 Å². The molecule has 1 aromatic heterocycles. The van der Waals surface area contributed by atoms with Crippen LogP contribution in [0.3, 0.4) is 0 Å². The maximum atomic E-state index is 11.5. The number of amides is 1. The van der Waals surface area contributed by atoms with Crippen molar-refractivity contribution in [2.75, 3.05) is 6.61 Å². The van der Waals surface area contributed by atoms with E-state index in [0.29, 0.717) is 11.3 Å². The van der Waals surface area contributed by atoms with E-state index in [9.17, 15) is 9.59 Å². The zero-order valence-electron chi connectivity index (χ0n) is 8.70. The first-order valence-electron chi connectivity index (χ1n) is 4.65. The number of H-pyrrole nitrogens is 1. The summed E-state index contributed by atoms with van der Waals surface area (Å²) in [5.74, 6) is -0.426. The second kappa shape index (κ2) is 4.75. The van der Waals surface area contributed by atoms with Crippen LogP contribution in [-0.2, 0) is 0 Å². The van der Waals surface area contributed by atoms with E-state index in [1.54, 1.807) is 6.92 Å². The number of aliphatic hydroxyl groups excluding tert-OH is 1. The summed E-state index contributed by atoms with van der Waals surface area (Å²) in [6, 6.07) is 1.18. The van der Waals surface area contributed by atoms with Gasteiger partial charge in [0.15, 0.2) is 5.78 Å². The van der Waals surface area contributed by atoms with Gasteiger partial charge in [0.2, 0.25) is 0 Å². The first-order chi connectivity index (χ1) is 7.04. The lowest BCUT2D eigenvalue weighted by molar-refractivity contribution is 0.0917. The molecule has 1 amide bonds. The smallest absolute Gasteiger partial charge is 0.268 e. The van der Waals surface area contributed by atoms with Crippen molar-refractivity contribution in [2.45, 2.75) is 19.9 Å². The minimum absolute atomic E-state index is 0.0968. The van der Waals surface area contributed by atoms with Gasteiger partial charge in [-0.15, -0.1) is 0 Å². The molecule has 0 aliphatic carbocycles. The highest BCUT2D eigenvalue weighted by atomic mass is 16.3. The minimum Gasteiger partial charge on any atom is -0.394 e. The maximum Gasteiger partial charge on any atom is 0.268 e. The third-order valence-electron chi connectivity index (χ3n) is 1.99. The summed E-state index contributed by atoms with van der Waals surface area (Å²) < 4.78 is 0. The maximum absolute atomic E-state index is 11.5. The first-order valence-corrected chi connectivity index (χ1v) is 4.65. The summed E-state index contributed by atoms with van der Waals surface area (Å²) >= 11 is 0. The lowest BCUT2D eigenvalue weighted by atomic mass is 10.2. The van der Waals surface area contributed by atoms with Crippen LogP contribution in [0.5, 0.6) is 0 Å². The lowest BCUT2D eigenvalue weighted by Crippen LogP contribution is -2.35. The highest BCUT2D eigenvalue weighted by molar-refractivity contribution is 5.99. The molecule has 15 heavy (non-hydrogen) atoms. The van der Waals surface area contributed by atoms with Crippen molar-refractivity contribution in [1.82, 2.24) is 10.3 Å².